The SMILES string of the molecule is CCCCCCCCCCCCCCCCc1cccc(C[n+]2c(C)[se]c3ccccc32)c1.Cc1[nH+]c2ccccc2[se]1.[Br-].[Br-]. The quantitative estimate of drug-likeness (QED) is 0.0774. The molecular formula is C39H54Br2N2Se2. The largest absolute Gasteiger partial charge is 1.00 e. The number of halogens is 2. The Balaban J connectivity index is 0.000000495. The van der Waals surface area contributed by atoms with Gasteiger partial charge in [0.25, 0.3) is 0 Å². The molecule has 1 N–H and O–H groups in total. The van der Waals surface area contributed by atoms with Crippen LogP contribution in [0.4, 0.5) is 0 Å². The van der Waals surface area contributed by atoms with Gasteiger partial charge in [0.05, 0.1) is 0 Å². The summed E-state index contributed by atoms with van der Waals surface area (Å²) in [5.41, 5.74) is 5.69. The third-order valence-electron chi connectivity index (χ3n) is 8.41. The van der Waals surface area contributed by atoms with Crippen LogP contribution in [0.15, 0.2) is 72.8 Å². The normalized spacial score (nSPS) is 10.7. The first-order valence-electron chi connectivity index (χ1n) is 17.0. The van der Waals surface area contributed by atoms with E-state index in [2.05, 4.69) is 103 Å². The number of nitrogens with zero attached hydrogens (tertiary/aromatic N) is 1. The third kappa shape index (κ3) is 14.3. The van der Waals surface area contributed by atoms with Crippen LogP contribution in [0, 0.1) is 13.8 Å². The van der Waals surface area contributed by atoms with E-state index >= 15 is 0 Å². The van der Waals surface area contributed by atoms with Gasteiger partial charge in [-0.15, -0.1) is 0 Å². The molecule has 5 aromatic rings. The number of H-pyrrole nitrogens is 1. The van der Waals surface area contributed by atoms with Gasteiger partial charge in [0.2, 0.25) is 0 Å². The van der Waals surface area contributed by atoms with E-state index in [-0.39, 0.29) is 34.0 Å². The first kappa shape index (κ1) is 40.2. The minimum absolute atomic E-state index is 0. The second-order valence-corrected chi connectivity index (χ2v) is 17.3. The van der Waals surface area contributed by atoms with Crippen LogP contribution in [-0.2, 0) is 13.0 Å². The van der Waals surface area contributed by atoms with Gasteiger partial charge in [0.15, 0.2) is 0 Å². The van der Waals surface area contributed by atoms with Crippen molar-refractivity contribution in [3.63, 3.8) is 0 Å². The summed E-state index contributed by atoms with van der Waals surface area (Å²) in [5, 5.41) is 0. The molecule has 0 saturated carbocycles. The number of aromatic nitrogens is 2. The number of benzene rings is 3. The summed E-state index contributed by atoms with van der Waals surface area (Å²) in [6.07, 6.45) is 21.2. The molecule has 0 fully saturated rings. The number of para-hydroxylation sites is 2. The number of aryl methyl sites for hydroxylation is 3. The van der Waals surface area contributed by atoms with Crippen molar-refractivity contribution in [2.75, 3.05) is 0 Å². The van der Waals surface area contributed by atoms with Crippen molar-refractivity contribution in [3.05, 3.63) is 93.1 Å². The van der Waals surface area contributed by atoms with E-state index in [1.54, 1.807) is 0 Å². The van der Waals surface area contributed by atoms with Crippen molar-refractivity contribution in [3.8, 4) is 0 Å². The summed E-state index contributed by atoms with van der Waals surface area (Å²) in [6.45, 7) is 7.77. The van der Waals surface area contributed by atoms with Gasteiger partial charge in [0, 0.05) is 0 Å². The molecule has 0 atom stereocenters. The van der Waals surface area contributed by atoms with Gasteiger partial charge in [-0.25, -0.2) is 0 Å². The fourth-order valence-corrected chi connectivity index (χ4v) is 9.94. The molecule has 0 aliphatic heterocycles. The Morgan fingerprint density at radius 3 is 1.78 bits per heavy atom. The van der Waals surface area contributed by atoms with Crippen LogP contribution in [0.5, 0.6) is 0 Å². The first-order chi connectivity index (χ1) is 21.1. The van der Waals surface area contributed by atoms with Crippen LogP contribution >= 0.6 is 0 Å². The zero-order valence-electron chi connectivity index (χ0n) is 27.8. The van der Waals surface area contributed by atoms with E-state index in [1.807, 2.05) is 0 Å². The zero-order valence-corrected chi connectivity index (χ0v) is 34.4. The van der Waals surface area contributed by atoms with Crippen LogP contribution in [-0.4, -0.2) is 29.0 Å². The van der Waals surface area contributed by atoms with E-state index < -0.39 is 0 Å². The van der Waals surface area contributed by atoms with E-state index in [9.17, 15) is 0 Å². The summed E-state index contributed by atoms with van der Waals surface area (Å²) >= 11 is 1.05. The Kier molecular flexibility index (Phi) is 20.8. The molecule has 0 amide bonds. The third-order valence-corrected chi connectivity index (χ3v) is 12.7. The van der Waals surface area contributed by atoms with Crippen molar-refractivity contribution in [1.29, 1.82) is 0 Å². The van der Waals surface area contributed by atoms with Crippen LogP contribution in [0.3, 0.4) is 0 Å². The van der Waals surface area contributed by atoms with Crippen molar-refractivity contribution in [1.82, 2.24) is 0 Å². The molecule has 5 rings (SSSR count). The topological polar surface area (TPSA) is 18.0 Å². The maximum absolute atomic E-state index is 3.34. The summed E-state index contributed by atoms with van der Waals surface area (Å²) < 4.78 is 8.48. The molecule has 6 heteroatoms. The minimum Gasteiger partial charge on any atom is -1.00 e. The first-order valence-corrected chi connectivity index (χ1v) is 20.4. The predicted octanol–water partition coefficient (Wildman–Crippen LogP) is 3.59. The molecule has 0 radical (unpaired) electrons. The van der Waals surface area contributed by atoms with E-state index in [0.29, 0.717) is 29.0 Å². The Hall–Kier alpha value is -1.00. The summed E-state index contributed by atoms with van der Waals surface area (Å²) in [6, 6.07) is 26.8. The van der Waals surface area contributed by atoms with Crippen LogP contribution in [0.25, 0.3) is 19.6 Å². The van der Waals surface area contributed by atoms with E-state index in [4.69, 9.17) is 0 Å². The second-order valence-electron chi connectivity index (χ2n) is 12.1. The fourth-order valence-electron chi connectivity index (χ4n) is 5.98. The summed E-state index contributed by atoms with van der Waals surface area (Å²) in [4.78, 5) is 3.34. The molecule has 2 heterocycles. The summed E-state index contributed by atoms with van der Waals surface area (Å²) in [7, 11) is 0. The average Bonchev–Trinajstić information content (AvgIpc) is 3.56. The van der Waals surface area contributed by atoms with Crippen LogP contribution in [0.1, 0.15) is 117 Å². The number of fused-ring (bicyclic) bond motifs is 2. The average molecular weight is 869 g/mol. The number of aromatic amines is 1. The molecule has 0 saturated heterocycles. The van der Waals surface area contributed by atoms with Crippen molar-refractivity contribution >= 4 is 48.6 Å². The van der Waals surface area contributed by atoms with E-state index in [0.717, 1.165) is 6.54 Å². The van der Waals surface area contributed by atoms with Crippen LogP contribution in [0.2, 0.25) is 0 Å². The van der Waals surface area contributed by atoms with E-state index in [1.165, 1.54) is 136 Å². The maximum atomic E-state index is 3.34. The zero-order chi connectivity index (χ0) is 30.1. The number of nitrogens with one attached hydrogen (secondary N) is 1. The van der Waals surface area contributed by atoms with Gasteiger partial charge in [0.1, 0.15) is 0 Å². The minimum atomic E-state index is 0. The molecule has 2 aromatic heterocycles. The van der Waals surface area contributed by atoms with Gasteiger partial charge in [-0.3, -0.25) is 0 Å². The molecular weight excluding hydrogens is 814 g/mol. The van der Waals surface area contributed by atoms with Gasteiger partial charge in [-0.1, -0.05) is 64.7 Å². The number of unbranched alkanes of at least 4 members (excludes halogenated alkanes) is 13. The van der Waals surface area contributed by atoms with Crippen molar-refractivity contribution in [2.24, 2.45) is 0 Å². The van der Waals surface area contributed by atoms with Crippen LogP contribution < -0.4 is 43.5 Å². The Morgan fingerprint density at radius 2 is 1.13 bits per heavy atom. The fraction of sp³-hybridized carbons (Fsp3) is 0.487. The molecule has 0 aliphatic rings. The van der Waals surface area contributed by atoms with Crippen molar-refractivity contribution in [2.45, 2.75) is 124 Å². The number of hydrogen-bond donors (Lipinski definition) is 0. The van der Waals surface area contributed by atoms with Gasteiger partial charge in [-0.2, -0.15) is 0 Å². The Labute approximate surface area is 306 Å². The predicted molar refractivity (Wildman–Crippen MR) is 188 cm³/mol. The smallest absolute Gasteiger partial charge is 1.00 e. The Bertz CT molecular complexity index is 1460. The van der Waals surface area contributed by atoms with Gasteiger partial charge >= 0.3 is 210 Å². The Morgan fingerprint density at radius 1 is 0.578 bits per heavy atom. The number of hydrogen-bond acceptors (Lipinski definition) is 0. The molecule has 0 unspecified atom stereocenters. The molecule has 0 bridgehead atoms. The standard InChI is InChI=1S/C31H46NSe.C8H7NSe.2BrH/c1-3-4-5-6-7-8-9-10-11-12-13-14-15-16-20-28-21-19-22-29(25-28)26-32-27(2)33-31-24-18-17-23-30(31)32;1-6-9-7-4-2-3-5-8(7)10-6;;/h17-19,21-25H,3-16,20,26H2,1-2H3;2-5H,1H3;2*1H/q+1;;;/p-1. The summed E-state index contributed by atoms with van der Waals surface area (Å²) in [5.74, 6) is 0. The van der Waals surface area contributed by atoms with Crippen molar-refractivity contribution < 1.29 is 43.5 Å². The molecule has 246 valence electrons. The van der Waals surface area contributed by atoms with Gasteiger partial charge in [-0.05, 0) is 0 Å². The maximum Gasteiger partial charge on any atom is -1.00 e. The number of rotatable bonds is 17. The molecule has 3 aromatic carbocycles. The molecule has 0 spiro atoms. The molecule has 0 aliphatic carbocycles. The second kappa shape index (κ2) is 23.3. The monoisotopic (exact) mass is 868 g/mol. The molecule has 45 heavy (non-hydrogen) atoms. The molecule has 2 nitrogen and oxygen atoms in total. The van der Waals surface area contributed by atoms with Gasteiger partial charge < -0.3 is 34.0 Å².